The molecular formula is C52H101N15O9. The van der Waals surface area contributed by atoms with Crippen molar-refractivity contribution in [3.05, 3.63) is 0 Å². The number of nitrogens with one attached hydrogen (secondary N) is 8. The Bertz CT molecular complexity index is 1710. The standard InChI is InChI=1S/C52H101N15O9/c1-2-3-4-5-6-7-8-9-10-22-37(68)35-44(69)61-36-45(70)62-39(28-21-34-60-52(57)58)47(72)64-43-27-15-20-33-59-46(71)38(23-11-16-29-53)63-48(73)40(24-12-17-30-54)65-49(74)41(25-13-18-31-55)66-50(75)42(67-51(43)76)26-14-19-32-56/h37-43,68H,2-36,53-56H2,1H3,(H,59,71)(H,61,69)(H,62,70)(H,63,73)(H,64,72)(H,65,74)(H,66,75)(H,67,76)(H4,57,58,60)/t37-,38+,39+,40-,41-,42+,43-/m1/s1. The number of aliphatic imine (C=N–C) groups is 1. The highest BCUT2D eigenvalue weighted by molar-refractivity contribution is 5.97. The Morgan fingerprint density at radius 2 is 1.04 bits per heavy atom. The minimum Gasteiger partial charge on any atom is -0.393 e. The van der Waals surface area contributed by atoms with E-state index in [1.165, 1.54) is 32.1 Å². The zero-order chi connectivity index (χ0) is 56.4. The molecule has 1 aliphatic heterocycles. The summed E-state index contributed by atoms with van der Waals surface area (Å²) in [6, 6.07) is -6.87. The van der Waals surface area contributed by atoms with Crippen molar-refractivity contribution in [2.24, 2.45) is 39.4 Å². The highest BCUT2D eigenvalue weighted by Gasteiger charge is 2.33. The second-order valence-corrected chi connectivity index (χ2v) is 20.1. The van der Waals surface area contributed by atoms with E-state index in [1.54, 1.807) is 0 Å². The summed E-state index contributed by atoms with van der Waals surface area (Å²) in [6.45, 7) is 3.33. The SMILES string of the molecule is CCCCCCCCCCC[C@@H](O)CC(=O)NCC(=O)N[C@@H](CCCN=C(N)N)C(=O)N[C@@H]1CCCCNC(=O)[C@H](CCCCN)NC(=O)[C@@H](CCCCN)NC(=O)[C@@H](CCCCN)NC(=O)[C@H](CCCCN)NC1=O. The van der Waals surface area contributed by atoms with Gasteiger partial charge in [-0.1, -0.05) is 64.7 Å². The number of nitrogens with zero attached hydrogens (tertiary/aromatic N) is 1. The summed E-state index contributed by atoms with van der Waals surface area (Å²) in [5.74, 6) is -5.22. The van der Waals surface area contributed by atoms with Gasteiger partial charge in [0.05, 0.1) is 19.1 Å². The Hall–Kier alpha value is -5.17. The van der Waals surface area contributed by atoms with Gasteiger partial charge in [0.25, 0.3) is 0 Å². The lowest BCUT2D eigenvalue weighted by molar-refractivity contribution is -0.135. The zero-order valence-electron chi connectivity index (χ0n) is 45.9. The van der Waals surface area contributed by atoms with Crippen molar-refractivity contribution < 1.29 is 43.5 Å². The van der Waals surface area contributed by atoms with Gasteiger partial charge in [0, 0.05) is 13.1 Å². The molecule has 0 aromatic carbocycles. The van der Waals surface area contributed by atoms with Gasteiger partial charge in [0.2, 0.25) is 47.3 Å². The minimum atomic E-state index is -1.26. The van der Waals surface area contributed by atoms with Gasteiger partial charge < -0.3 is 82.0 Å². The molecule has 21 N–H and O–H groups in total. The molecule has 7 atom stereocenters. The lowest BCUT2D eigenvalue weighted by Gasteiger charge is -2.28. The van der Waals surface area contributed by atoms with Crippen LogP contribution in [0.3, 0.4) is 0 Å². The summed E-state index contributed by atoms with van der Waals surface area (Å²) in [6.07, 6.45) is 15.2. The molecule has 1 aliphatic rings. The molecule has 0 aromatic heterocycles. The number of unbranched alkanes of at least 4 members (excludes halogenated alkanes) is 12. The smallest absolute Gasteiger partial charge is 0.243 e. The summed E-state index contributed by atoms with van der Waals surface area (Å²) in [5, 5.41) is 32.5. The predicted molar refractivity (Wildman–Crippen MR) is 295 cm³/mol. The fraction of sp³-hybridized carbons (Fsp3) is 0.827. The molecule has 0 aromatic rings. The van der Waals surface area contributed by atoms with Crippen LogP contribution in [0.4, 0.5) is 0 Å². The number of aliphatic hydroxyl groups is 1. The predicted octanol–water partition coefficient (Wildman–Crippen LogP) is -0.447. The van der Waals surface area contributed by atoms with Gasteiger partial charge in [-0.05, 0) is 142 Å². The van der Waals surface area contributed by atoms with Gasteiger partial charge >= 0.3 is 0 Å². The van der Waals surface area contributed by atoms with Crippen molar-refractivity contribution in [2.45, 2.75) is 229 Å². The van der Waals surface area contributed by atoms with Gasteiger partial charge in [0.15, 0.2) is 5.96 Å². The molecule has 0 aliphatic carbocycles. The number of hydrogen-bond donors (Lipinski definition) is 15. The molecule has 0 saturated carbocycles. The first-order valence-corrected chi connectivity index (χ1v) is 28.5. The van der Waals surface area contributed by atoms with Crippen LogP contribution in [0.1, 0.15) is 187 Å². The molecule has 0 unspecified atom stereocenters. The number of amides is 8. The molecule has 1 fully saturated rings. The average molecular weight is 1080 g/mol. The largest absolute Gasteiger partial charge is 0.393 e. The molecule has 438 valence electrons. The molecule has 1 rings (SSSR count). The molecular weight excluding hydrogens is 979 g/mol. The van der Waals surface area contributed by atoms with Crippen molar-refractivity contribution in [3.8, 4) is 0 Å². The van der Waals surface area contributed by atoms with E-state index in [0.29, 0.717) is 90.4 Å². The quantitative estimate of drug-likeness (QED) is 0.0213. The average Bonchev–Trinajstić information content (AvgIpc) is 3.38. The fourth-order valence-corrected chi connectivity index (χ4v) is 8.76. The van der Waals surface area contributed by atoms with Gasteiger partial charge in [0.1, 0.15) is 36.3 Å². The number of guanidine groups is 1. The first-order chi connectivity index (χ1) is 36.6. The summed E-state index contributed by atoms with van der Waals surface area (Å²) in [5.41, 5.74) is 34.2. The fourth-order valence-electron chi connectivity index (χ4n) is 8.76. The van der Waals surface area contributed by atoms with Gasteiger partial charge in [-0.15, -0.1) is 0 Å². The maximum Gasteiger partial charge on any atom is 0.243 e. The van der Waals surface area contributed by atoms with E-state index in [9.17, 15) is 43.5 Å². The number of aliphatic hydroxyl groups excluding tert-OH is 1. The third kappa shape index (κ3) is 33.1. The number of carbonyl (C=O) groups is 8. The lowest BCUT2D eigenvalue weighted by atomic mass is 10.0. The first kappa shape index (κ1) is 68.8. The van der Waals surface area contributed by atoms with Crippen LogP contribution in [-0.4, -0.2) is 146 Å². The topological polar surface area (TPSA) is 422 Å². The molecule has 24 heteroatoms. The van der Waals surface area contributed by atoms with Crippen molar-refractivity contribution in [1.29, 1.82) is 0 Å². The van der Waals surface area contributed by atoms with E-state index in [4.69, 9.17) is 34.4 Å². The minimum absolute atomic E-state index is 0.0225. The summed E-state index contributed by atoms with van der Waals surface area (Å²) in [4.78, 5) is 115. The van der Waals surface area contributed by atoms with Crippen LogP contribution in [0.15, 0.2) is 4.99 Å². The van der Waals surface area contributed by atoms with E-state index in [2.05, 4.69) is 54.5 Å². The molecule has 0 spiro atoms. The third-order valence-electron chi connectivity index (χ3n) is 13.3. The number of nitrogens with two attached hydrogens (primary N) is 6. The van der Waals surface area contributed by atoms with Crippen molar-refractivity contribution in [2.75, 3.05) is 45.8 Å². The Morgan fingerprint density at radius 1 is 0.579 bits per heavy atom. The lowest BCUT2D eigenvalue weighted by Crippen LogP contribution is -2.59. The number of carbonyl (C=O) groups excluding carboxylic acids is 8. The van der Waals surface area contributed by atoms with E-state index in [1.807, 2.05) is 0 Å². The van der Waals surface area contributed by atoms with E-state index >= 15 is 0 Å². The molecule has 8 amide bonds. The highest BCUT2D eigenvalue weighted by atomic mass is 16.3. The Morgan fingerprint density at radius 3 is 1.51 bits per heavy atom. The third-order valence-corrected chi connectivity index (χ3v) is 13.3. The Balaban J connectivity index is 3.45. The van der Waals surface area contributed by atoms with Crippen molar-refractivity contribution in [3.63, 3.8) is 0 Å². The summed E-state index contributed by atoms with van der Waals surface area (Å²) < 4.78 is 0. The zero-order valence-corrected chi connectivity index (χ0v) is 45.9. The van der Waals surface area contributed by atoms with Crippen molar-refractivity contribution in [1.82, 2.24) is 42.5 Å². The van der Waals surface area contributed by atoms with Crippen LogP contribution in [-0.2, 0) is 38.4 Å². The maximum atomic E-state index is 14.4. The van der Waals surface area contributed by atoms with Crippen LogP contribution in [0.5, 0.6) is 0 Å². The van der Waals surface area contributed by atoms with Crippen LogP contribution in [0.25, 0.3) is 0 Å². The van der Waals surface area contributed by atoms with Crippen LogP contribution in [0.2, 0.25) is 0 Å². The van der Waals surface area contributed by atoms with Crippen molar-refractivity contribution >= 4 is 53.2 Å². The number of rotatable bonds is 37. The Labute approximate surface area is 452 Å². The Kier molecular flexibility index (Phi) is 39.7. The van der Waals surface area contributed by atoms with E-state index in [0.717, 1.165) is 25.7 Å². The maximum absolute atomic E-state index is 14.4. The normalized spacial score (nSPS) is 20.0. The second kappa shape index (κ2) is 43.9. The van der Waals surface area contributed by atoms with E-state index in [-0.39, 0.29) is 76.8 Å². The summed E-state index contributed by atoms with van der Waals surface area (Å²) in [7, 11) is 0. The molecule has 0 radical (unpaired) electrons. The first-order valence-electron chi connectivity index (χ1n) is 28.5. The van der Waals surface area contributed by atoms with Gasteiger partial charge in [-0.3, -0.25) is 43.3 Å². The van der Waals surface area contributed by atoms with Crippen LogP contribution >= 0.6 is 0 Å². The molecule has 24 nitrogen and oxygen atoms in total. The number of hydrogen-bond acceptors (Lipinski definition) is 14. The van der Waals surface area contributed by atoms with E-state index < -0.39 is 96.2 Å². The second-order valence-electron chi connectivity index (χ2n) is 20.1. The molecule has 0 bridgehead atoms. The van der Waals surface area contributed by atoms with Crippen LogP contribution < -0.4 is 76.9 Å². The highest BCUT2D eigenvalue weighted by Crippen LogP contribution is 2.14. The molecule has 76 heavy (non-hydrogen) atoms. The molecule has 1 saturated heterocycles. The molecule has 1 heterocycles. The van der Waals surface area contributed by atoms with Gasteiger partial charge in [-0.2, -0.15) is 0 Å². The monoisotopic (exact) mass is 1080 g/mol. The van der Waals surface area contributed by atoms with Crippen LogP contribution in [0, 0.1) is 0 Å². The van der Waals surface area contributed by atoms with Gasteiger partial charge in [-0.25, -0.2) is 0 Å². The summed E-state index contributed by atoms with van der Waals surface area (Å²) >= 11 is 0.